The average Bonchev–Trinajstić information content (AvgIpc) is 3.17. The Morgan fingerprint density at radius 2 is 1.78 bits per heavy atom. The molecule has 4 aliphatic carbocycles. The van der Waals surface area contributed by atoms with Crippen LogP contribution in [0.1, 0.15) is 82.8 Å². The lowest BCUT2D eigenvalue weighted by atomic mass is 9.50. The molecule has 224 valence electrons. The minimum Gasteiger partial charge on any atom is -0.445 e. The third-order valence-electron chi connectivity index (χ3n) is 9.92. The Morgan fingerprint density at radius 1 is 1.10 bits per heavy atom. The van der Waals surface area contributed by atoms with E-state index in [4.69, 9.17) is 4.74 Å². The summed E-state index contributed by atoms with van der Waals surface area (Å²) in [6.45, 7) is 5.02. The minimum atomic E-state index is -5.89. The van der Waals surface area contributed by atoms with E-state index in [1.807, 2.05) is 0 Å². The van der Waals surface area contributed by atoms with Crippen molar-refractivity contribution >= 4 is 11.9 Å². The van der Waals surface area contributed by atoms with Gasteiger partial charge in [-0.1, -0.05) is 36.8 Å². The molecule has 0 radical (unpaired) electrons. The van der Waals surface area contributed by atoms with Crippen LogP contribution in [0.4, 0.5) is 26.7 Å². The zero-order valence-corrected chi connectivity index (χ0v) is 23.4. The first kappa shape index (κ1) is 29.7. The van der Waals surface area contributed by atoms with Gasteiger partial charge in [0.2, 0.25) is 0 Å². The lowest BCUT2D eigenvalue weighted by molar-refractivity contribution is -0.362. The van der Waals surface area contributed by atoms with Crippen LogP contribution < -0.4 is 5.32 Å². The van der Waals surface area contributed by atoms with Crippen LogP contribution in [0, 0.1) is 17.3 Å². The fourth-order valence-electron chi connectivity index (χ4n) is 7.99. The van der Waals surface area contributed by atoms with E-state index in [0.29, 0.717) is 31.2 Å². The number of hydrogen-bond acceptors (Lipinski definition) is 4. The molecule has 0 aliphatic heterocycles. The van der Waals surface area contributed by atoms with E-state index in [2.05, 4.69) is 5.32 Å². The summed E-state index contributed by atoms with van der Waals surface area (Å²) in [4.78, 5) is 24.1. The fourth-order valence-corrected chi connectivity index (χ4v) is 7.99. The van der Waals surface area contributed by atoms with Crippen LogP contribution in [-0.4, -0.2) is 40.7 Å². The number of fused-ring (bicyclic) bond motifs is 4. The van der Waals surface area contributed by atoms with Crippen molar-refractivity contribution in [3.63, 3.8) is 0 Å². The Labute approximate surface area is 236 Å². The van der Waals surface area contributed by atoms with E-state index in [1.165, 1.54) is 6.92 Å². The second-order valence-corrected chi connectivity index (χ2v) is 12.6. The molecule has 5 atom stereocenters. The van der Waals surface area contributed by atoms with E-state index < -0.39 is 47.5 Å². The molecular formula is C31H36F5NO4. The summed E-state index contributed by atoms with van der Waals surface area (Å²) in [6, 6.07) is 7.00. The van der Waals surface area contributed by atoms with Gasteiger partial charge in [0, 0.05) is 23.8 Å². The van der Waals surface area contributed by atoms with E-state index in [-0.39, 0.29) is 37.2 Å². The highest BCUT2D eigenvalue weighted by molar-refractivity contribution is 5.93. The average molecular weight is 582 g/mol. The molecular weight excluding hydrogens is 545 g/mol. The van der Waals surface area contributed by atoms with Crippen molar-refractivity contribution in [2.75, 3.05) is 0 Å². The molecule has 2 N–H and O–H groups in total. The maximum Gasteiger partial charge on any atom is 0.456 e. The molecule has 0 heterocycles. The quantitative estimate of drug-likeness (QED) is 0.362. The summed E-state index contributed by atoms with van der Waals surface area (Å²) in [5, 5.41) is 14.0. The summed E-state index contributed by atoms with van der Waals surface area (Å²) in [6.07, 6.45) is -3.53. The number of carbonyl (C=O) groups is 2. The molecule has 4 aliphatic rings. The Morgan fingerprint density at radius 3 is 2.41 bits per heavy atom. The molecule has 0 spiro atoms. The molecule has 1 amide bonds. The van der Waals surface area contributed by atoms with Gasteiger partial charge in [-0.25, -0.2) is 4.79 Å². The number of ether oxygens (including phenoxy) is 1. The van der Waals surface area contributed by atoms with Gasteiger partial charge in [-0.2, -0.15) is 22.0 Å². The van der Waals surface area contributed by atoms with E-state index in [0.717, 1.165) is 22.3 Å². The van der Waals surface area contributed by atoms with Crippen LogP contribution >= 0.6 is 0 Å². The van der Waals surface area contributed by atoms with Crippen molar-refractivity contribution in [2.45, 2.75) is 102 Å². The first-order valence-corrected chi connectivity index (χ1v) is 14.2. The smallest absolute Gasteiger partial charge is 0.445 e. The van der Waals surface area contributed by atoms with Gasteiger partial charge in [0.25, 0.3) is 0 Å². The van der Waals surface area contributed by atoms with Crippen LogP contribution in [0.2, 0.25) is 0 Å². The van der Waals surface area contributed by atoms with Gasteiger partial charge in [-0.05, 0) is 92.6 Å². The first-order chi connectivity index (χ1) is 19.1. The second-order valence-electron chi connectivity index (χ2n) is 12.6. The summed E-state index contributed by atoms with van der Waals surface area (Å²) in [5.41, 5.74) is -0.566. The van der Waals surface area contributed by atoms with Crippen LogP contribution in [0.5, 0.6) is 0 Å². The van der Waals surface area contributed by atoms with Crippen LogP contribution in [0.3, 0.4) is 0 Å². The third-order valence-corrected chi connectivity index (χ3v) is 9.92. The van der Waals surface area contributed by atoms with Gasteiger partial charge >= 0.3 is 18.2 Å². The number of alkyl halides is 5. The fraction of sp³-hybridized carbons (Fsp3) is 0.613. The Balaban J connectivity index is 1.55. The predicted octanol–water partition coefficient (Wildman–Crippen LogP) is 7.15. The number of nitrogens with one attached hydrogen (secondary N) is 1. The van der Waals surface area contributed by atoms with Gasteiger partial charge in [-0.15, -0.1) is 0 Å². The van der Waals surface area contributed by atoms with E-state index >= 15 is 8.78 Å². The zero-order valence-electron chi connectivity index (χ0n) is 23.4. The monoisotopic (exact) mass is 581 g/mol. The van der Waals surface area contributed by atoms with Gasteiger partial charge in [-0.3, -0.25) is 4.79 Å². The molecule has 0 saturated heterocycles. The van der Waals surface area contributed by atoms with Crippen LogP contribution in [-0.2, 0) is 16.1 Å². The molecule has 2 unspecified atom stereocenters. The second kappa shape index (κ2) is 10.2. The maximum atomic E-state index is 15.1. The number of halogens is 5. The normalized spacial score (nSPS) is 31.8. The Hall–Kier alpha value is -2.75. The standard InChI is InChI=1S/C31H36F5NO4/c1-17(2)37-27(39)41-16-18-4-6-19(7-5-18)24-15-28(3)25(12-13-29(28,40)30(32,33)31(34,35)36)23-10-8-20-14-21(38)9-11-22(20)26(23)24/h4-7,14,17,23-25,40H,8-13,15-16H2,1-3H3,(H,37,39)/t23?,24-,25?,28+,29+/m1/s1. The number of carbonyl (C=O) groups excluding carboxylic acids is 2. The Kier molecular flexibility index (Phi) is 7.40. The van der Waals surface area contributed by atoms with Crippen molar-refractivity contribution in [3.8, 4) is 0 Å². The van der Waals surface area contributed by atoms with Gasteiger partial charge in [0.05, 0.1) is 0 Å². The number of alkyl carbamates (subject to hydrolysis) is 1. The lowest BCUT2D eigenvalue weighted by Crippen LogP contribution is -2.65. The van der Waals surface area contributed by atoms with E-state index in [1.54, 1.807) is 44.2 Å². The minimum absolute atomic E-state index is 0.00636. The maximum absolute atomic E-state index is 15.1. The van der Waals surface area contributed by atoms with Crippen molar-refractivity contribution in [2.24, 2.45) is 17.3 Å². The highest BCUT2D eigenvalue weighted by Crippen LogP contribution is 2.70. The van der Waals surface area contributed by atoms with Gasteiger partial charge < -0.3 is 15.2 Å². The van der Waals surface area contributed by atoms with Crippen LogP contribution in [0.15, 0.2) is 47.1 Å². The molecule has 0 bridgehead atoms. The van der Waals surface area contributed by atoms with Crippen LogP contribution in [0.25, 0.3) is 0 Å². The number of allylic oxidation sites excluding steroid dienone is 4. The molecule has 2 saturated carbocycles. The summed E-state index contributed by atoms with van der Waals surface area (Å²) < 4.78 is 76.6. The highest BCUT2D eigenvalue weighted by Gasteiger charge is 2.79. The molecule has 5 rings (SSSR count). The number of amides is 1. The number of hydrogen-bond donors (Lipinski definition) is 2. The first-order valence-electron chi connectivity index (χ1n) is 14.2. The number of benzene rings is 1. The van der Waals surface area contributed by atoms with Crippen molar-refractivity contribution in [1.82, 2.24) is 5.32 Å². The SMILES string of the molecule is CC(C)NC(=O)OCc1ccc([C@H]2C[C@@]3(C)C(CC[C@@]3(O)C(F)(F)C(F)(F)F)C3CCC4=CC(=O)CCC4=C32)cc1. The molecule has 0 aromatic heterocycles. The molecule has 10 heteroatoms. The Bertz CT molecular complexity index is 1280. The van der Waals surface area contributed by atoms with Gasteiger partial charge in [0.15, 0.2) is 5.78 Å². The molecule has 41 heavy (non-hydrogen) atoms. The van der Waals surface area contributed by atoms with E-state index in [9.17, 15) is 27.9 Å². The van der Waals surface area contributed by atoms with Gasteiger partial charge in [0.1, 0.15) is 12.2 Å². The molecule has 1 aromatic rings. The predicted molar refractivity (Wildman–Crippen MR) is 141 cm³/mol. The highest BCUT2D eigenvalue weighted by atomic mass is 19.4. The largest absolute Gasteiger partial charge is 0.456 e. The third kappa shape index (κ3) is 4.79. The lowest BCUT2D eigenvalue weighted by Gasteiger charge is -2.56. The zero-order chi connectivity index (χ0) is 30.0. The topological polar surface area (TPSA) is 75.6 Å². The summed E-state index contributed by atoms with van der Waals surface area (Å²) in [7, 11) is 0. The molecule has 2 fully saturated rings. The van der Waals surface area contributed by atoms with Crippen molar-refractivity contribution < 1.29 is 41.4 Å². The molecule has 5 nitrogen and oxygen atoms in total. The van der Waals surface area contributed by atoms with Crippen molar-refractivity contribution in [1.29, 1.82) is 0 Å². The summed E-state index contributed by atoms with van der Waals surface area (Å²) in [5.74, 6) is -6.58. The summed E-state index contributed by atoms with van der Waals surface area (Å²) >= 11 is 0. The number of aliphatic hydroxyl groups is 1. The number of ketones is 1. The molecule has 1 aromatic carbocycles. The number of rotatable bonds is 5. The van der Waals surface area contributed by atoms with Crippen molar-refractivity contribution in [3.05, 3.63) is 58.2 Å².